The van der Waals surface area contributed by atoms with Gasteiger partial charge in [0.1, 0.15) is 0 Å². The summed E-state index contributed by atoms with van der Waals surface area (Å²) in [6.45, 7) is 4.59. The van der Waals surface area contributed by atoms with Crippen LogP contribution < -0.4 is 0 Å². The first-order valence-electron chi connectivity index (χ1n) is 6.90. The van der Waals surface area contributed by atoms with Crippen LogP contribution in [0.25, 0.3) is 0 Å². The molecule has 0 N–H and O–H groups in total. The highest BCUT2D eigenvalue weighted by molar-refractivity contribution is 5.11. The monoisotopic (exact) mass is 221 g/mol. The molecule has 0 aliphatic carbocycles. The number of hydrogen-bond acceptors (Lipinski definition) is 0. The maximum absolute atomic E-state index is 2.31. The smallest absolute Gasteiger partial charge is 0.0202 e. The molecule has 1 aromatic heterocycles. The van der Waals surface area contributed by atoms with Gasteiger partial charge >= 0.3 is 0 Å². The van der Waals surface area contributed by atoms with Crippen LogP contribution >= 0.6 is 0 Å². The predicted molar refractivity (Wildman–Crippen MR) is 71.8 cm³/mol. The molecule has 92 valence electrons. The van der Waals surface area contributed by atoms with Crippen molar-refractivity contribution in [3.63, 3.8) is 0 Å². The molecule has 1 rings (SSSR count). The summed E-state index contributed by atoms with van der Waals surface area (Å²) in [5.41, 5.74) is 1.51. The fourth-order valence-corrected chi connectivity index (χ4v) is 2.45. The summed E-state index contributed by atoms with van der Waals surface area (Å²) < 4.78 is 2.28. The van der Waals surface area contributed by atoms with E-state index >= 15 is 0 Å². The van der Waals surface area contributed by atoms with E-state index in [4.69, 9.17) is 0 Å². The van der Waals surface area contributed by atoms with Crippen molar-refractivity contribution in [1.82, 2.24) is 4.57 Å². The van der Waals surface area contributed by atoms with Crippen LogP contribution in [-0.2, 0) is 7.05 Å². The van der Waals surface area contributed by atoms with Crippen molar-refractivity contribution in [1.29, 1.82) is 0 Å². The first kappa shape index (κ1) is 13.3. The molecule has 0 saturated heterocycles. The minimum Gasteiger partial charge on any atom is -0.354 e. The number of unbranched alkanes of at least 4 members (excludes halogenated alkanes) is 4. The fourth-order valence-electron chi connectivity index (χ4n) is 2.45. The van der Waals surface area contributed by atoms with E-state index in [0.29, 0.717) is 0 Å². The van der Waals surface area contributed by atoms with Crippen LogP contribution in [0.5, 0.6) is 0 Å². The first-order chi connectivity index (χ1) is 7.79. The number of aromatic nitrogens is 1. The van der Waals surface area contributed by atoms with Gasteiger partial charge in [-0.1, -0.05) is 46.0 Å². The highest BCUT2D eigenvalue weighted by atomic mass is 14.9. The van der Waals surface area contributed by atoms with Crippen molar-refractivity contribution < 1.29 is 0 Å². The van der Waals surface area contributed by atoms with Crippen LogP contribution in [0.15, 0.2) is 18.3 Å². The standard InChI is InChI=1S/C15H27N/c1-4-6-7-8-9-11-14(5-2)15-12-10-13-16(15)3/h10,12-14H,4-9,11H2,1-3H3. The number of rotatable bonds is 8. The zero-order valence-corrected chi connectivity index (χ0v) is 11.2. The average molecular weight is 221 g/mol. The third-order valence-corrected chi connectivity index (χ3v) is 3.55. The Kier molecular flexibility index (Phi) is 6.29. The van der Waals surface area contributed by atoms with Crippen molar-refractivity contribution in [2.24, 2.45) is 7.05 Å². The van der Waals surface area contributed by atoms with Crippen molar-refractivity contribution in [2.75, 3.05) is 0 Å². The molecule has 0 aliphatic heterocycles. The van der Waals surface area contributed by atoms with Gasteiger partial charge in [0.2, 0.25) is 0 Å². The molecule has 0 fully saturated rings. The van der Waals surface area contributed by atoms with Gasteiger partial charge in [-0.05, 0) is 30.9 Å². The molecule has 0 bridgehead atoms. The summed E-state index contributed by atoms with van der Waals surface area (Å²) >= 11 is 0. The summed E-state index contributed by atoms with van der Waals surface area (Å²) in [6, 6.07) is 4.44. The van der Waals surface area contributed by atoms with Gasteiger partial charge in [-0.2, -0.15) is 0 Å². The average Bonchev–Trinajstić information content (AvgIpc) is 2.70. The molecule has 1 heteroatoms. The summed E-state index contributed by atoms with van der Waals surface area (Å²) in [5, 5.41) is 0. The molecule has 0 aromatic carbocycles. The van der Waals surface area contributed by atoms with E-state index in [-0.39, 0.29) is 0 Å². The zero-order valence-electron chi connectivity index (χ0n) is 11.2. The van der Waals surface area contributed by atoms with E-state index in [1.54, 1.807) is 0 Å². The molecular formula is C15H27N. The quantitative estimate of drug-likeness (QED) is 0.551. The Balaban J connectivity index is 2.30. The van der Waals surface area contributed by atoms with E-state index < -0.39 is 0 Å². The third-order valence-electron chi connectivity index (χ3n) is 3.55. The molecule has 0 aliphatic rings. The van der Waals surface area contributed by atoms with Crippen LogP contribution in [0.4, 0.5) is 0 Å². The van der Waals surface area contributed by atoms with Gasteiger partial charge in [-0.25, -0.2) is 0 Å². The van der Waals surface area contributed by atoms with Crippen molar-refractivity contribution in [2.45, 2.75) is 64.7 Å². The lowest BCUT2D eigenvalue weighted by Crippen LogP contribution is -2.03. The van der Waals surface area contributed by atoms with Gasteiger partial charge in [0.25, 0.3) is 0 Å². The second-order valence-electron chi connectivity index (χ2n) is 4.85. The van der Waals surface area contributed by atoms with Crippen LogP contribution in [0, 0.1) is 0 Å². The van der Waals surface area contributed by atoms with Gasteiger partial charge in [-0.15, -0.1) is 0 Å². The molecule has 0 spiro atoms. The van der Waals surface area contributed by atoms with E-state index in [2.05, 4.69) is 43.8 Å². The lowest BCUT2D eigenvalue weighted by Gasteiger charge is -2.16. The SMILES string of the molecule is CCCCCCCC(CC)c1cccn1C. The summed E-state index contributed by atoms with van der Waals surface area (Å²) in [5.74, 6) is 0.765. The Labute approximate surface area is 101 Å². The Bertz CT molecular complexity index is 275. The van der Waals surface area contributed by atoms with E-state index in [9.17, 15) is 0 Å². The molecule has 0 radical (unpaired) electrons. The van der Waals surface area contributed by atoms with Gasteiger partial charge < -0.3 is 4.57 Å². The summed E-state index contributed by atoms with van der Waals surface area (Å²) in [7, 11) is 2.16. The molecule has 1 nitrogen and oxygen atoms in total. The third kappa shape index (κ3) is 4.03. The lowest BCUT2D eigenvalue weighted by molar-refractivity contribution is 0.516. The van der Waals surface area contributed by atoms with Crippen LogP contribution in [0.2, 0.25) is 0 Å². The van der Waals surface area contributed by atoms with Gasteiger partial charge in [0.15, 0.2) is 0 Å². The van der Waals surface area contributed by atoms with E-state index in [1.807, 2.05) is 0 Å². The number of nitrogens with zero attached hydrogens (tertiary/aromatic N) is 1. The maximum Gasteiger partial charge on any atom is 0.0202 e. The topological polar surface area (TPSA) is 4.93 Å². The fraction of sp³-hybridized carbons (Fsp3) is 0.733. The first-order valence-corrected chi connectivity index (χ1v) is 6.90. The molecule has 0 amide bonds. The minimum absolute atomic E-state index is 0.765. The normalized spacial score (nSPS) is 12.9. The largest absolute Gasteiger partial charge is 0.354 e. The summed E-state index contributed by atoms with van der Waals surface area (Å²) in [6.07, 6.45) is 11.8. The molecule has 1 heterocycles. The number of aryl methyl sites for hydroxylation is 1. The molecule has 1 unspecified atom stereocenters. The number of hydrogen-bond donors (Lipinski definition) is 0. The van der Waals surface area contributed by atoms with Crippen molar-refractivity contribution in [3.8, 4) is 0 Å². The molecule has 16 heavy (non-hydrogen) atoms. The van der Waals surface area contributed by atoms with Gasteiger partial charge in [0, 0.05) is 18.9 Å². The van der Waals surface area contributed by atoms with Gasteiger partial charge in [0.05, 0.1) is 0 Å². The summed E-state index contributed by atoms with van der Waals surface area (Å²) in [4.78, 5) is 0. The highest BCUT2D eigenvalue weighted by Crippen LogP contribution is 2.25. The molecule has 1 aromatic rings. The Morgan fingerprint density at radius 2 is 1.88 bits per heavy atom. The van der Waals surface area contributed by atoms with Crippen molar-refractivity contribution in [3.05, 3.63) is 24.0 Å². The Morgan fingerprint density at radius 1 is 1.12 bits per heavy atom. The van der Waals surface area contributed by atoms with Gasteiger partial charge in [-0.3, -0.25) is 0 Å². The van der Waals surface area contributed by atoms with Crippen LogP contribution in [0.1, 0.15) is 70.4 Å². The second-order valence-corrected chi connectivity index (χ2v) is 4.85. The second kappa shape index (κ2) is 7.54. The van der Waals surface area contributed by atoms with Crippen LogP contribution in [-0.4, -0.2) is 4.57 Å². The predicted octanol–water partition coefficient (Wildman–Crippen LogP) is 4.88. The highest BCUT2D eigenvalue weighted by Gasteiger charge is 2.11. The lowest BCUT2D eigenvalue weighted by atomic mass is 9.95. The Hall–Kier alpha value is -0.720. The molecule has 1 atom stereocenters. The zero-order chi connectivity index (χ0) is 11.8. The van der Waals surface area contributed by atoms with E-state index in [0.717, 1.165) is 5.92 Å². The molecular weight excluding hydrogens is 194 g/mol. The molecule has 0 saturated carbocycles. The van der Waals surface area contributed by atoms with Crippen LogP contribution in [0.3, 0.4) is 0 Å². The van der Waals surface area contributed by atoms with E-state index in [1.165, 1.54) is 50.6 Å². The Morgan fingerprint density at radius 3 is 2.44 bits per heavy atom. The minimum atomic E-state index is 0.765. The maximum atomic E-state index is 2.31. The van der Waals surface area contributed by atoms with Crippen molar-refractivity contribution >= 4 is 0 Å².